The molecule has 106 valence electrons. The molecule has 0 aliphatic rings. The predicted octanol–water partition coefficient (Wildman–Crippen LogP) is 1.75. The molecule has 1 unspecified atom stereocenters. The number of benzene rings is 1. The van der Waals surface area contributed by atoms with E-state index in [0.717, 1.165) is 25.2 Å². The zero-order valence-electron chi connectivity index (χ0n) is 12.1. The molecule has 0 aliphatic heterocycles. The molecule has 1 rings (SSSR count). The van der Waals surface area contributed by atoms with E-state index in [4.69, 9.17) is 10.5 Å². The molecule has 0 saturated heterocycles. The second kappa shape index (κ2) is 7.26. The summed E-state index contributed by atoms with van der Waals surface area (Å²) < 4.78 is 4.89. The second-order valence-electron chi connectivity index (χ2n) is 4.61. The number of hydrogen-bond acceptors (Lipinski definition) is 4. The topological polar surface area (TPSA) is 55.6 Å². The number of rotatable bonds is 7. The van der Waals surface area contributed by atoms with Gasteiger partial charge in [0.25, 0.3) is 0 Å². The molecule has 0 spiro atoms. The van der Waals surface area contributed by atoms with Crippen molar-refractivity contribution in [3.8, 4) is 0 Å². The summed E-state index contributed by atoms with van der Waals surface area (Å²) >= 11 is 0. The van der Waals surface area contributed by atoms with Gasteiger partial charge in [-0.05, 0) is 25.1 Å². The van der Waals surface area contributed by atoms with Crippen LogP contribution in [0.2, 0.25) is 0 Å². The highest BCUT2D eigenvalue weighted by molar-refractivity contribution is 5.82. The molecule has 1 atom stereocenters. The molecule has 0 amide bonds. The Labute approximate surface area is 115 Å². The van der Waals surface area contributed by atoms with Gasteiger partial charge >= 0.3 is 5.97 Å². The average molecular weight is 264 g/mol. The first kappa shape index (κ1) is 15.7. The van der Waals surface area contributed by atoms with Crippen LogP contribution in [0.25, 0.3) is 0 Å². The maximum Gasteiger partial charge on any atom is 0.330 e. The minimum absolute atomic E-state index is 0.383. The van der Waals surface area contributed by atoms with Gasteiger partial charge in [-0.1, -0.05) is 44.2 Å². The van der Waals surface area contributed by atoms with Gasteiger partial charge in [-0.3, -0.25) is 0 Å². The number of carbonyl (C=O) groups excluding carboxylic acids is 1. The highest BCUT2D eigenvalue weighted by atomic mass is 16.5. The Morgan fingerprint density at radius 1 is 1.26 bits per heavy atom. The Kier molecular flexibility index (Phi) is 5.99. The van der Waals surface area contributed by atoms with E-state index in [0.29, 0.717) is 6.42 Å². The third-order valence-electron chi connectivity index (χ3n) is 3.56. The predicted molar refractivity (Wildman–Crippen MR) is 76.7 cm³/mol. The quantitative estimate of drug-likeness (QED) is 0.762. The molecule has 1 aromatic rings. The lowest BCUT2D eigenvalue weighted by Crippen LogP contribution is -2.48. The Morgan fingerprint density at radius 3 is 2.32 bits per heavy atom. The van der Waals surface area contributed by atoms with E-state index in [2.05, 4.69) is 18.7 Å². The summed E-state index contributed by atoms with van der Waals surface area (Å²) in [6.07, 6.45) is 0.547. The van der Waals surface area contributed by atoms with Gasteiger partial charge in [-0.25, -0.2) is 4.79 Å². The van der Waals surface area contributed by atoms with Gasteiger partial charge in [0.1, 0.15) is 5.54 Å². The minimum Gasteiger partial charge on any atom is -0.467 e. The van der Waals surface area contributed by atoms with Crippen molar-refractivity contribution in [2.45, 2.75) is 25.8 Å². The maximum atomic E-state index is 12.1. The fourth-order valence-electron chi connectivity index (χ4n) is 2.16. The fourth-order valence-corrected chi connectivity index (χ4v) is 2.16. The molecule has 4 nitrogen and oxygen atoms in total. The monoisotopic (exact) mass is 264 g/mol. The molecule has 0 fully saturated rings. The van der Waals surface area contributed by atoms with Crippen LogP contribution in [0.5, 0.6) is 0 Å². The lowest BCUT2D eigenvalue weighted by molar-refractivity contribution is -0.148. The van der Waals surface area contributed by atoms with E-state index in [1.54, 1.807) is 0 Å². The molecular formula is C15H24N2O2. The number of methoxy groups -OCH3 is 1. The van der Waals surface area contributed by atoms with Gasteiger partial charge in [0.05, 0.1) is 7.11 Å². The fraction of sp³-hybridized carbons (Fsp3) is 0.533. The molecule has 2 N–H and O–H groups in total. The molecule has 0 heterocycles. The summed E-state index contributed by atoms with van der Waals surface area (Å²) in [6, 6.07) is 9.43. The standard InChI is InChI=1S/C15H24N2O2/c1-4-17(5-2)12-11-15(16,14(18)19-3)13-9-7-6-8-10-13/h6-10H,4-5,11-12,16H2,1-3H3. The van der Waals surface area contributed by atoms with Crippen LogP contribution in [0, 0.1) is 0 Å². The lowest BCUT2D eigenvalue weighted by Gasteiger charge is -2.29. The van der Waals surface area contributed by atoms with E-state index in [1.807, 2.05) is 30.3 Å². The third kappa shape index (κ3) is 3.78. The molecule has 0 aliphatic carbocycles. The van der Waals surface area contributed by atoms with E-state index in [-0.39, 0.29) is 5.97 Å². The molecule has 0 radical (unpaired) electrons. The van der Waals surface area contributed by atoms with Gasteiger partial charge in [-0.2, -0.15) is 0 Å². The van der Waals surface area contributed by atoms with Crippen molar-refractivity contribution in [2.75, 3.05) is 26.7 Å². The van der Waals surface area contributed by atoms with E-state index in [1.165, 1.54) is 7.11 Å². The van der Waals surface area contributed by atoms with E-state index in [9.17, 15) is 4.79 Å². The number of ether oxygens (including phenoxy) is 1. The summed E-state index contributed by atoms with van der Waals surface area (Å²) in [4.78, 5) is 14.3. The smallest absolute Gasteiger partial charge is 0.330 e. The molecule has 4 heteroatoms. The van der Waals surface area contributed by atoms with Crippen molar-refractivity contribution in [1.82, 2.24) is 4.90 Å². The number of hydrogen-bond donors (Lipinski definition) is 1. The van der Waals surface area contributed by atoms with Crippen molar-refractivity contribution in [3.63, 3.8) is 0 Å². The second-order valence-corrected chi connectivity index (χ2v) is 4.61. The molecule has 1 aromatic carbocycles. The zero-order valence-corrected chi connectivity index (χ0v) is 12.1. The summed E-state index contributed by atoms with van der Waals surface area (Å²) in [5.74, 6) is -0.383. The number of esters is 1. The van der Waals surface area contributed by atoms with Gasteiger partial charge in [0, 0.05) is 6.54 Å². The molecular weight excluding hydrogens is 240 g/mol. The zero-order chi connectivity index (χ0) is 14.3. The molecule has 0 bridgehead atoms. The van der Waals surface area contributed by atoms with Crippen molar-refractivity contribution in [2.24, 2.45) is 5.73 Å². The highest BCUT2D eigenvalue weighted by Crippen LogP contribution is 2.24. The Morgan fingerprint density at radius 2 is 1.84 bits per heavy atom. The van der Waals surface area contributed by atoms with Crippen molar-refractivity contribution >= 4 is 5.97 Å². The molecule has 19 heavy (non-hydrogen) atoms. The molecule has 0 saturated carbocycles. The van der Waals surface area contributed by atoms with Gasteiger partial charge in [0.2, 0.25) is 0 Å². The normalized spacial score (nSPS) is 14.2. The van der Waals surface area contributed by atoms with Gasteiger partial charge < -0.3 is 15.4 Å². The van der Waals surface area contributed by atoms with Crippen LogP contribution >= 0.6 is 0 Å². The van der Waals surface area contributed by atoms with Crippen LogP contribution in [0.15, 0.2) is 30.3 Å². The third-order valence-corrected chi connectivity index (χ3v) is 3.56. The molecule has 0 aromatic heterocycles. The van der Waals surface area contributed by atoms with Crippen LogP contribution in [0.4, 0.5) is 0 Å². The largest absolute Gasteiger partial charge is 0.467 e. The Hall–Kier alpha value is -1.39. The summed E-state index contributed by atoms with van der Waals surface area (Å²) in [6.45, 7) is 6.86. The van der Waals surface area contributed by atoms with Crippen molar-refractivity contribution in [1.29, 1.82) is 0 Å². The van der Waals surface area contributed by atoms with Crippen LogP contribution in [0.3, 0.4) is 0 Å². The van der Waals surface area contributed by atoms with Crippen molar-refractivity contribution < 1.29 is 9.53 Å². The Balaban J connectivity index is 2.91. The number of nitrogens with zero attached hydrogens (tertiary/aromatic N) is 1. The first-order valence-corrected chi connectivity index (χ1v) is 6.73. The first-order valence-electron chi connectivity index (χ1n) is 6.73. The Bertz CT molecular complexity index is 390. The lowest BCUT2D eigenvalue weighted by atomic mass is 9.87. The first-order chi connectivity index (χ1) is 9.08. The summed E-state index contributed by atoms with van der Waals surface area (Å²) in [5, 5.41) is 0. The average Bonchev–Trinajstić information content (AvgIpc) is 2.48. The van der Waals surface area contributed by atoms with Crippen LogP contribution < -0.4 is 5.73 Å². The van der Waals surface area contributed by atoms with Gasteiger partial charge in [-0.15, -0.1) is 0 Å². The SMILES string of the molecule is CCN(CC)CCC(N)(C(=O)OC)c1ccccc1. The van der Waals surface area contributed by atoms with Crippen LogP contribution in [-0.4, -0.2) is 37.6 Å². The highest BCUT2D eigenvalue weighted by Gasteiger charge is 2.37. The minimum atomic E-state index is -1.07. The van der Waals surface area contributed by atoms with E-state index >= 15 is 0 Å². The summed E-state index contributed by atoms with van der Waals surface area (Å²) in [7, 11) is 1.38. The van der Waals surface area contributed by atoms with Crippen LogP contribution in [-0.2, 0) is 15.1 Å². The van der Waals surface area contributed by atoms with Crippen molar-refractivity contribution in [3.05, 3.63) is 35.9 Å². The maximum absolute atomic E-state index is 12.1. The van der Waals surface area contributed by atoms with Gasteiger partial charge in [0.15, 0.2) is 0 Å². The van der Waals surface area contributed by atoms with Crippen LogP contribution in [0.1, 0.15) is 25.8 Å². The van der Waals surface area contributed by atoms with E-state index < -0.39 is 5.54 Å². The number of nitrogens with two attached hydrogens (primary N) is 1. The number of carbonyl (C=O) groups is 1. The summed E-state index contributed by atoms with van der Waals surface area (Å²) in [5.41, 5.74) is 6.06.